The first-order valence-electron chi connectivity index (χ1n) is 4.70. The van der Waals surface area contributed by atoms with Crippen LogP contribution in [0.3, 0.4) is 0 Å². The van der Waals surface area contributed by atoms with Crippen molar-refractivity contribution >= 4 is 0 Å². The van der Waals surface area contributed by atoms with E-state index in [2.05, 4.69) is 18.7 Å². The summed E-state index contributed by atoms with van der Waals surface area (Å²) in [7, 11) is 0. The fourth-order valence-electron chi connectivity index (χ4n) is 1.98. The van der Waals surface area contributed by atoms with E-state index >= 15 is 0 Å². The van der Waals surface area contributed by atoms with Gasteiger partial charge in [-0.3, -0.25) is 4.90 Å². The third-order valence-corrected chi connectivity index (χ3v) is 2.53. The van der Waals surface area contributed by atoms with Crippen LogP contribution in [-0.4, -0.2) is 35.2 Å². The maximum Gasteiger partial charge on any atom is 0.0682 e. The third kappa shape index (κ3) is 2.17. The van der Waals surface area contributed by atoms with Crippen molar-refractivity contribution in [3.05, 3.63) is 0 Å². The zero-order valence-corrected chi connectivity index (χ0v) is 7.58. The smallest absolute Gasteiger partial charge is 0.0682 e. The molecule has 0 aromatic rings. The fourth-order valence-corrected chi connectivity index (χ4v) is 1.98. The van der Waals surface area contributed by atoms with Gasteiger partial charge in [-0.1, -0.05) is 20.3 Å². The minimum absolute atomic E-state index is 0.0634. The first kappa shape index (κ1) is 9.01. The summed E-state index contributed by atoms with van der Waals surface area (Å²) in [6.07, 6.45) is 3.40. The summed E-state index contributed by atoms with van der Waals surface area (Å²) in [5.74, 6) is 0. The van der Waals surface area contributed by atoms with Crippen molar-refractivity contribution in [2.45, 2.75) is 45.3 Å². The molecule has 2 atom stereocenters. The SMILES string of the molecule is CCC[C@H]1C[C@@H](O)CN1CC. The van der Waals surface area contributed by atoms with Gasteiger partial charge in [0.1, 0.15) is 0 Å². The molecule has 0 aromatic heterocycles. The van der Waals surface area contributed by atoms with Gasteiger partial charge in [0.25, 0.3) is 0 Å². The van der Waals surface area contributed by atoms with Crippen LogP contribution in [0.25, 0.3) is 0 Å². The molecule has 1 fully saturated rings. The topological polar surface area (TPSA) is 23.5 Å². The van der Waals surface area contributed by atoms with E-state index in [1.165, 1.54) is 12.8 Å². The second kappa shape index (κ2) is 4.07. The molecule has 1 aliphatic rings. The van der Waals surface area contributed by atoms with Crippen LogP contribution < -0.4 is 0 Å². The monoisotopic (exact) mass is 157 g/mol. The molecule has 0 aromatic carbocycles. The average Bonchev–Trinajstić information content (AvgIpc) is 2.32. The summed E-state index contributed by atoms with van der Waals surface area (Å²) in [5, 5.41) is 9.39. The highest BCUT2D eigenvalue weighted by atomic mass is 16.3. The van der Waals surface area contributed by atoms with Gasteiger partial charge in [0.2, 0.25) is 0 Å². The molecule has 0 bridgehead atoms. The van der Waals surface area contributed by atoms with Crippen molar-refractivity contribution in [3.8, 4) is 0 Å². The molecule has 0 aliphatic carbocycles. The highest BCUT2D eigenvalue weighted by Crippen LogP contribution is 2.20. The summed E-state index contributed by atoms with van der Waals surface area (Å²) < 4.78 is 0. The molecule has 1 heterocycles. The molecule has 1 aliphatic heterocycles. The highest BCUT2D eigenvalue weighted by molar-refractivity contribution is 4.83. The Balaban J connectivity index is 2.37. The number of hydrogen-bond acceptors (Lipinski definition) is 2. The van der Waals surface area contributed by atoms with E-state index in [0.717, 1.165) is 19.5 Å². The fraction of sp³-hybridized carbons (Fsp3) is 1.00. The molecule has 0 radical (unpaired) electrons. The molecule has 0 saturated carbocycles. The Bertz CT molecular complexity index is 116. The van der Waals surface area contributed by atoms with E-state index in [4.69, 9.17) is 0 Å². The van der Waals surface area contributed by atoms with E-state index in [1.807, 2.05) is 0 Å². The predicted molar refractivity (Wildman–Crippen MR) is 46.6 cm³/mol. The van der Waals surface area contributed by atoms with Crippen molar-refractivity contribution in [3.63, 3.8) is 0 Å². The summed E-state index contributed by atoms with van der Waals surface area (Å²) in [6, 6.07) is 0.653. The van der Waals surface area contributed by atoms with Gasteiger partial charge in [-0.2, -0.15) is 0 Å². The van der Waals surface area contributed by atoms with Crippen LogP contribution in [0.1, 0.15) is 33.1 Å². The van der Waals surface area contributed by atoms with Crippen molar-refractivity contribution in [1.29, 1.82) is 0 Å². The molecule has 2 nitrogen and oxygen atoms in total. The van der Waals surface area contributed by atoms with Gasteiger partial charge in [0.15, 0.2) is 0 Å². The lowest BCUT2D eigenvalue weighted by molar-refractivity contribution is 0.177. The molecule has 0 amide bonds. The Morgan fingerprint density at radius 1 is 1.45 bits per heavy atom. The average molecular weight is 157 g/mol. The lowest BCUT2D eigenvalue weighted by Gasteiger charge is -2.21. The Hall–Kier alpha value is -0.0800. The molecule has 66 valence electrons. The predicted octanol–water partition coefficient (Wildman–Crippen LogP) is 1.24. The number of aliphatic hydroxyl groups is 1. The second-order valence-corrected chi connectivity index (χ2v) is 3.42. The van der Waals surface area contributed by atoms with Gasteiger partial charge in [-0.15, -0.1) is 0 Å². The van der Waals surface area contributed by atoms with Crippen LogP contribution in [0.5, 0.6) is 0 Å². The van der Waals surface area contributed by atoms with Gasteiger partial charge in [-0.25, -0.2) is 0 Å². The first-order chi connectivity index (χ1) is 5.27. The Kier molecular flexibility index (Phi) is 3.34. The van der Waals surface area contributed by atoms with E-state index in [1.54, 1.807) is 0 Å². The van der Waals surface area contributed by atoms with Crippen LogP contribution in [0.15, 0.2) is 0 Å². The molecular weight excluding hydrogens is 138 g/mol. The molecule has 1 N–H and O–H groups in total. The Labute approximate surface area is 69.2 Å². The number of likely N-dealkylation sites (tertiary alicyclic amines) is 1. The lowest BCUT2D eigenvalue weighted by Crippen LogP contribution is -2.29. The maximum atomic E-state index is 9.39. The number of aliphatic hydroxyl groups excluding tert-OH is 1. The van der Waals surface area contributed by atoms with Crippen LogP contribution in [0.4, 0.5) is 0 Å². The first-order valence-corrected chi connectivity index (χ1v) is 4.70. The number of hydrogen-bond donors (Lipinski definition) is 1. The minimum atomic E-state index is -0.0634. The summed E-state index contributed by atoms with van der Waals surface area (Å²) in [5.41, 5.74) is 0. The molecule has 11 heavy (non-hydrogen) atoms. The van der Waals surface area contributed by atoms with E-state index in [-0.39, 0.29) is 6.10 Å². The number of β-amino-alcohol motifs (C(OH)–C–C–N with tert-alkyl or cyclic N) is 1. The summed E-state index contributed by atoms with van der Waals surface area (Å²) >= 11 is 0. The summed E-state index contributed by atoms with van der Waals surface area (Å²) in [6.45, 7) is 6.35. The zero-order valence-electron chi connectivity index (χ0n) is 7.58. The van der Waals surface area contributed by atoms with Crippen molar-refractivity contribution in [1.82, 2.24) is 4.90 Å². The zero-order chi connectivity index (χ0) is 8.27. The minimum Gasteiger partial charge on any atom is -0.392 e. The van der Waals surface area contributed by atoms with Crippen LogP contribution in [0.2, 0.25) is 0 Å². The van der Waals surface area contributed by atoms with Gasteiger partial charge >= 0.3 is 0 Å². The lowest BCUT2D eigenvalue weighted by atomic mass is 10.1. The van der Waals surface area contributed by atoms with Gasteiger partial charge in [0, 0.05) is 12.6 Å². The largest absolute Gasteiger partial charge is 0.392 e. The van der Waals surface area contributed by atoms with Crippen molar-refractivity contribution in [2.24, 2.45) is 0 Å². The molecule has 1 saturated heterocycles. The van der Waals surface area contributed by atoms with Gasteiger partial charge < -0.3 is 5.11 Å². The molecule has 2 heteroatoms. The molecule has 0 unspecified atom stereocenters. The maximum absolute atomic E-state index is 9.39. The van der Waals surface area contributed by atoms with Crippen LogP contribution in [-0.2, 0) is 0 Å². The normalized spacial score (nSPS) is 33.0. The number of likely N-dealkylation sites (N-methyl/N-ethyl adjacent to an activating group) is 1. The quantitative estimate of drug-likeness (QED) is 0.666. The van der Waals surface area contributed by atoms with E-state index in [9.17, 15) is 5.11 Å². The van der Waals surface area contributed by atoms with E-state index in [0.29, 0.717) is 6.04 Å². The van der Waals surface area contributed by atoms with E-state index < -0.39 is 0 Å². The number of rotatable bonds is 3. The molecule has 0 spiro atoms. The number of nitrogens with zero attached hydrogens (tertiary/aromatic N) is 1. The van der Waals surface area contributed by atoms with Crippen molar-refractivity contribution in [2.75, 3.05) is 13.1 Å². The van der Waals surface area contributed by atoms with Crippen molar-refractivity contribution < 1.29 is 5.11 Å². The van der Waals surface area contributed by atoms with Gasteiger partial charge in [-0.05, 0) is 19.4 Å². The third-order valence-electron chi connectivity index (χ3n) is 2.53. The van der Waals surface area contributed by atoms with Crippen LogP contribution in [0, 0.1) is 0 Å². The Morgan fingerprint density at radius 3 is 2.73 bits per heavy atom. The second-order valence-electron chi connectivity index (χ2n) is 3.42. The summed E-state index contributed by atoms with van der Waals surface area (Å²) in [4.78, 5) is 2.38. The van der Waals surface area contributed by atoms with Crippen LogP contribution >= 0.6 is 0 Å². The molecule has 1 rings (SSSR count). The Morgan fingerprint density at radius 2 is 2.18 bits per heavy atom. The highest BCUT2D eigenvalue weighted by Gasteiger charge is 2.28. The molecular formula is C9H19NO. The van der Waals surface area contributed by atoms with Gasteiger partial charge in [0.05, 0.1) is 6.10 Å². The standard InChI is InChI=1S/C9H19NO/c1-3-5-8-6-9(11)7-10(8)4-2/h8-9,11H,3-7H2,1-2H3/t8-,9+/m0/s1.